The van der Waals surface area contributed by atoms with E-state index in [1.807, 2.05) is 0 Å². The van der Waals surface area contributed by atoms with E-state index in [0.29, 0.717) is 0 Å². The van der Waals surface area contributed by atoms with Gasteiger partial charge in [0.2, 0.25) is 0 Å². The number of hydrogen-bond donors (Lipinski definition) is 0. The molecule has 0 aliphatic rings. The van der Waals surface area contributed by atoms with Crippen molar-refractivity contribution in [2.45, 2.75) is 0 Å². The van der Waals surface area contributed by atoms with Gasteiger partial charge in [0.05, 0.1) is 0 Å². The Hall–Kier alpha value is -0.802. The zero-order valence-electron chi connectivity index (χ0n) is 4.70. The monoisotopic (exact) mass is 180 g/mol. The first-order chi connectivity index (χ1) is 4.33. The van der Waals surface area contributed by atoms with Crippen LogP contribution in [-0.2, 0) is 0 Å². The second kappa shape index (κ2) is 2.66. The summed E-state index contributed by atoms with van der Waals surface area (Å²) in [6.07, 6.45) is 8.36. The summed E-state index contributed by atoms with van der Waals surface area (Å²) >= 11 is 1.40. The Morgan fingerprint density at radius 2 is 2.00 bits per heavy atom. The Balaban J connectivity index is 3.06. The molecule has 9 heavy (non-hydrogen) atoms. The topological polar surface area (TPSA) is 25.8 Å². The van der Waals surface area contributed by atoms with Crippen molar-refractivity contribution in [1.82, 2.24) is 9.97 Å². The molecule has 44 valence electrons. The van der Waals surface area contributed by atoms with E-state index < -0.39 is 0 Å². The van der Waals surface area contributed by atoms with Crippen molar-refractivity contribution in [1.29, 1.82) is 0 Å². The first-order valence-electron chi connectivity index (χ1n) is 2.37. The molecular formula is C6H5AsN2. The second-order valence-electron chi connectivity index (χ2n) is 1.47. The van der Waals surface area contributed by atoms with Gasteiger partial charge < -0.3 is 0 Å². The Labute approximate surface area is 62.2 Å². The third-order valence-corrected chi connectivity index (χ3v) is 1.46. The summed E-state index contributed by atoms with van der Waals surface area (Å²) in [5.74, 6) is 2.44. The molecule has 0 spiro atoms. The molecule has 1 aromatic rings. The molecule has 2 nitrogen and oxygen atoms in total. The van der Waals surface area contributed by atoms with Crippen molar-refractivity contribution in [2.24, 2.45) is 0 Å². The summed E-state index contributed by atoms with van der Waals surface area (Å²) < 4.78 is 0.807. The Bertz CT molecular complexity index is 234. The van der Waals surface area contributed by atoms with E-state index in [4.69, 9.17) is 6.42 Å². The van der Waals surface area contributed by atoms with Gasteiger partial charge in [-0.3, -0.25) is 0 Å². The molecule has 1 aromatic heterocycles. The van der Waals surface area contributed by atoms with Gasteiger partial charge in [-0.2, -0.15) is 0 Å². The van der Waals surface area contributed by atoms with Crippen LogP contribution in [0.4, 0.5) is 0 Å². The summed E-state index contributed by atoms with van der Waals surface area (Å²) in [6.45, 7) is 0. The molecule has 0 aliphatic heterocycles. The predicted octanol–water partition coefficient (Wildman–Crippen LogP) is -1.28. The molecule has 0 saturated carbocycles. The summed E-state index contributed by atoms with van der Waals surface area (Å²) in [5.41, 5.74) is 0.733. The van der Waals surface area contributed by atoms with E-state index in [1.165, 1.54) is 16.9 Å². The molecule has 1 unspecified atom stereocenters. The third-order valence-electron chi connectivity index (χ3n) is 0.838. The van der Waals surface area contributed by atoms with Gasteiger partial charge in [0.15, 0.2) is 0 Å². The van der Waals surface area contributed by atoms with Crippen LogP contribution in [0.2, 0.25) is 0 Å². The fraction of sp³-hybridized carbons (Fsp3) is 0. The number of terminal acetylenes is 1. The van der Waals surface area contributed by atoms with Crippen LogP contribution in [0, 0.1) is 12.3 Å². The Morgan fingerprint density at radius 3 is 2.44 bits per heavy atom. The van der Waals surface area contributed by atoms with Gasteiger partial charge in [-0.15, -0.1) is 0 Å². The van der Waals surface area contributed by atoms with Gasteiger partial charge in [-0.25, -0.2) is 0 Å². The number of hydrogen-bond acceptors (Lipinski definition) is 2. The van der Waals surface area contributed by atoms with Gasteiger partial charge in [0.25, 0.3) is 0 Å². The van der Waals surface area contributed by atoms with Crippen LogP contribution in [0.15, 0.2) is 12.4 Å². The van der Waals surface area contributed by atoms with E-state index >= 15 is 0 Å². The summed E-state index contributed by atoms with van der Waals surface area (Å²) in [6, 6.07) is 0. The van der Waals surface area contributed by atoms with Crippen molar-refractivity contribution in [2.75, 3.05) is 0 Å². The molecule has 0 radical (unpaired) electrons. The van der Waals surface area contributed by atoms with Crippen molar-refractivity contribution < 1.29 is 0 Å². The van der Waals surface area contributed by atoms with Crippen LogP contribution in [-0.4, -0.2) is 26.8 Å². The maximum atomic E-state index is 5.07. The molecular weight excluding hydrogens is 175 g/mol. The minimum atomic E-state index is 0.733. The van der Waals surface area contributed by atoms with Crippen molar-refractivity contribution in [3.8, 4) is 12.3 Å². The standard InChI is InChI=1S/C6H5AsN2/c1-2-5-3-8-6(7)9-4-5/h1,3-4H,7H2. The molecule has 3 heteroatoms. The van der Waals surface area contributed by atoms with Crippen molar-refractivity contribution >= 4 is 21.5 Å². The van der Waals surface area contributed by atoms with Crippen LogP contribution in [0.1, 0.15) is 5.56 Å². The van der Waals surface area contributed by atoms with E-state index in [1.54, 1.807) is 12.4 Å². The van der Waals surface area contributed by atoms with Crippen molar-refractivity contribution in [3.63, 3.8) is 0 Å². The molecule has 0 aromatic carbocycles. The SMILES string of the molecule is C#Cc1cnc([AsH2])nc1. The Morgan fingerprint density at radius 1 is 1.44 bits per heavy atom. The molecule has 1 rings (SSSR count). The van der Waals surface area contributed by atoms with Crippen LogP contribution in [0.3, 0.4) is 0 Å². The minimum absolute atomic E-state index is 0.733. The summed E-state index contributed by atoms with van der Waals surface area (Å²) in [5, 5.41) is 0. The molecule has 0 N–H and O–H groups in total. The molecule has 0 bridgehead atoms. The third kappa shape index (κ3) is 1.55. The fourth-order valence-electron chi connectivity index (χ4n) is 0.413. The molecule has 0 fully saturated rings. The summed E-state index contributed by atoms with van der Waals surface area (Å²) in [4.78, 5) is 7.85. The van der Waals surface area contributed by atoms with Crippen LogP contribution in [0.5, 0.6) is 0 Å². The van der Waals surface area contributed by atoms with E-state index in [0.717, 1.165) is 10.2 Å². The Kier molecular flexibility index (Phi) is 1.87. The number of nitrogens with zero attached hydrogens (tertiary/aromatic N) is 2. The van der Waals surface area contributed by atoms with Crippen molar-refractivity contribution in [3.05, 3.63) is 18.0 Å². The van der Waals surface area contributed by atoms with Crippen LogP contribution in [0.25, 0.3) is 0 Å². The molecule has 0 aliphatic carbocycles. The van der Waals surface area contributed by atoms with Gasteiger partial charge >= 0.3 is 61.7 Å². The van der Waals surface area contributed by atoms with Gasteiger partial charge in [0, 0.05) is 0 Å². The average Bonchev–Trinajstić information content (AvgIpc) is 1.90. The zero-order chi connectivity index (χ0) is 6.69. The second-order valence-corrected chi connectivity index (χ2v) is 2.56. The molecule has 0 saturated heterocycles. The van der Waals surface area contributed by atoms with Gasteiger partial charge in [0.1, 0.15) is 0 Å². The molecule has 1 atom stereocenters. The van der Waals surface area contributed by atoms with E-state index in [-0.39, 0.29) is 0 Å². The van der Waals surface area contributed by atoms with Gasteiger partial charge in [-0.1, -0.05) is 0 Å². The molecule has 0 amide bonds. The first-order valence-corrected chi connectivity index (χ1v) is 3.58. The average molecular weight is 180 g/mol. The maximum absolute atomic E-state index is 5.07. The zero-order valence-corrected chi connectivity index (χ0v) is 7.13. The fourth-order valence-corrected chi connectivity index (χ4v) is 0.725. The summed E-state index contributed by atoms with van der Waals surface area (Å²) in [7, 11) is 0. The predicted molar refractivity (Wildman–Crippen MR) is 38.1 cm³/mol. The van der Waals surface area contributed by atoms with Crippen LogP contribution < -0.4 is 4.61 Å². The quantitative estimate of drug-likeness (QED) is 0.367. The van der Waals surface area contributed by atoms with Gasteiger partial charge in [-0.05, 0) is 0 Å². The van der Waals surface area contributed by atoms with E-state index in [9.17, 15) is 0 Å². The van der Waals surface area contributed by atoms with E-state index in [2.05, 4.69) is 15.9 Å². The number of aromatic nitrogens is 2. The normalized spacial score (nSPS) is 8.44. The first kappa shape index (κ1) is 6.32. The molecule has 1 heterocycles. The number of rotatable bonds is 0. The van der Waals surface area contributed by atoms with Crippen LogP contribution >= 0.6 is 0 Å².